The van der Waals surface area contributed by atoms with Gasteiger partial charge in [0.25, 0.3) is 5.91 Å². The molecule has 0 saturated heterocycles. The number of hydrogen-bond donors (Lipinski definition) is 2. The maximum atomic E-state index is 13.6. The van der Waals surface area contributed by atoms with Crippen LogP contribution < -0.4 is 10.0 Å². The molecule has 10 heteroatoms. The Bertz CT molecular complexity index is 1020. The SMILES string of the molecule is C[C@H](OC(=O)CNS(=O)(=O)c1ccccc1F)C(=O)Nc1ccc(C#N)cc1. The third kappa shape index (κ3) is 5.60. The van der Waals surface area contributed by atoms with E-state index in [0.29, 0.717) is 11.3 Å². The highest BCUT2D eigenvalue weighted by molar-refractivity contribution is 7.89. The Hall–Kier alpha value is -3.29. The minimum absolute atomic E-state index is 0.396. The third-order valence-electron chi connectivity index (χ3n) is 3.49. The fourth-order valence-electron chi connectivity index (χ4n) is 2.06. The van der Waals surface area contributed by atoms with Crippen LogP contribution in [-0.4, -0.2) is 32.9 Å². The van der Waals surface area contributed by atoms with Crippen LogP contribution in [0.4, 0.5) is 10.1 Å². The first-order valence-electron chi connectivity index (χ1n) is 7.97. The molecule has 146 valence electrons. The Balaban J connectivity index is 1.88. The zero-order valence-electron chi connectivity index (χ0n) is 14.7. The summed E-state index contributed by atoms with van der Waals surface area (Å²) in [6, 6.07) is 12.7. The number of carbonyl (C=O) groups excluding carboxylic acids is 2. The fraction of sp³-hybridized carbons (Fsp3) is 0.167. The van der Waals surface area contributed by atoms with Crippen molar-refractivity contribution in [2.45, 2.75) is 17.9 Å². The summed E-state index contributed by atoms with van der Waals surface area (Å²) in [5, 5.41) is 11.2. The Labute approximate surface area is 161 Å². The van der Waals surface area contributed by atoms with Gasteiger partial charge in [0.1, 0.15) is 17.3 Å². The van der Waals surface area contributed by atoms with Crippen molar-refractivity contribution in [3.63, 3.8) is 0 Å². The average molecular weight is 405 g/mol. The molecule has 1 amide bonds. The number of rotatable bonds is 7. The second kappa shape index (κ2) is 9.07. The fourth-order valence-corrected chi connectivity index (χ4v) is 3.10. The van der Waals surface area contributed by atoms with Gasteiger partial charge in [-0.25, -0.2) is 12.8 Å². The normalized spacial score (nSPS) is 11.9. The Morgan fingerprint density at radius 2 is 1.82 bits per heavy atom. The molecule has 1 atom stereocenters. The van der Waals surface area contributed by atoms with Gasteiger partial charge in [0, 0.05) is 5.69 Å². The van der Waals surface area contributed by atoms with E-state index in [1.165, 1.54) is 43.3 Å². The van der Waals surface area contributed by atoms with Crippen LogP contribution in [0.5, 0.6) is 0 Å². The van der Waals surface area contributed by atoms with Crippen LogP contribution in [0.3, 0.4) is 0 Å². The molecule has 0 bridgehead atoms. The van der Waals surface area contributed by atoms with Gasteiger partial charge in [-0.2, -0.15) is 9.98 Å². The number of carbonyl (C=O) groups is 2. The summed E-state index contributed by atoms with van der Waals surface area (Å²) >= 11 is 0. The first-order chi connectivity index (χ1) is 13.2. The third-order valence-corrected chi connectivity index (χ3v) is 4.93. The number of amides is 1. The Kier molecular flexibility index (Phi) is 6.81. The number of esters is 1. The van der Waals surface area contributed by atoms with Crippen LogP contribution in [0.1, 0.15) is 12.5 Å². The molecule has 0 aliphatic rings. The summed E-state index contributed by atoms with van der Waals surface area (Å²) < 4.78 is 44.4. The number of sulfonamides is 1. The number of halogens is 1. The second-order valence-corrected chi connectivity index (χ2v) is 7.30. The largest absolute Gasteiger partial charge is 0.452 e. The minimum atomic E-state index is -4.25. The molecule has 0 aromatic heterocycles. The van der Waals surface area contributed by atoms with Crippen LogP contribution >= 0.6 is 0 Å². The lowest BCUT2D eigenvalue weighted by molar-refractivity contribution is -0.151. The van der Waals surface area contributed by atoms with E-state index < -0.39 is 45.3 Å². The van der Waals surface area contributed by atoms with Crippen molar-refractivity contribution in [2.24, 2.45) is 0 Å². The molecule has 2 aromatic rings. The average Bonchev–Trinajstić information content (AvgIpc) is 2.67. The van der Waals surface area contributed by atoms with Crippen molar-refractivity contribution in [3.05, 3.63) is 59.9 Å². The quantitative estimate of drug-likeness (QED) is 0.673. The van der Waals surface area contributed by atoms with Gasteiger partial charge in [0.2, 0.25) is 10.0 Å². The molecule has 0 aliphatic heterocycles. The number of benzene rings is 2. The zero-order valence-corrected chi connectivity index (χ0v) is 15.5. The molecule has 8 nitrogen and oxygen atoms in total. The molecule has 0 saturated carbocycles. The van der Waals surface area contributed by atoms with Crippen LogP contribution in [0.25, 0.3) is 0 Å². The van der Waals surface area contributed by atoms with Gasteiger partial charge in [0.15, 0.2) is 6.10 Å². The maximum absolute atomic E-state index is 13.6. The molecule has 0 aliphatic carbocycles. The van der Waals surface area contributed by atoms with E-state index >= 15 is 0 Å². The Morgan fingerprint density at radius 1 is 1.18 bits per heavy atom. The molecule has 0 heterocycles. The number of nitrogens with zero attached hydrogens (tertiary/aromatic N) is 1. The van der Waals surface area contributed by atoms with Gasteiger partial charge in [0.05, 0.1) is 11.6 Å². The maximum Gasteiger partial charge on any atom is 0.321 e. The van der Waals surface area contributed by atoms with E-state index in [2.05, 4.69) is 5.32 Å². The molecule has 0 unspecified atom stereocenters. The van der Waals surface area contributed by atoms with Crippen LogP contribution in [0.15, 0.2) is 53.4 Å². The highest BCUT2D eigenvalue weighted by Gasteiger charge is 2.22. The molecule has 0 fully saturated rings. The molecule has 0 radical (unpaired) electrons. The lowest BCUT2D eigenvalue weighted by Crippen LogP contribution is -2.36. The van der Waals surface area contributed by atoms with Gasteiger partial charge >= 0.3 is 5.97 Å². The second-order valence-electron chi connectivity index (χ2n) is 5.57. The van der Waals surface area contributed by atoms with Crippen molar-refractivity contribution in [2.75, 3.05) is 11.9 Å². The lowest BCUT2D eigenvalue weighted by Gasteiger charge is -2.14. The topological polar surface area (TPSA) is 125 Å². The van der Waals surface area contributed by atoms with E-state index in [0.717, 1.165) is 12.1 Å². The van der Waals surface area contributed by atoms with E-state index in [1.807, 2.05) is 10.8 Å². The molecule has 28 heavy (non-hydrogen) atoms. The van der Waals surface area contributed by atoms with Crippen molar-refractivity contribution < 1.29 is 27.1 Å². The van der Waals surface area contributed by atoms with Crippen molar-refractivity contribution in [1.82, 2.24) is 4.72 Å². The number of ether oxygens (including phenoxy) is 1. The van der Waals surface area contributed by atoms with Crippen molar-refractivity contribution >= 4 is 27.6 Å². The predicted molar refractivity (Wildman–Crippen MR) is 96.9 cm³/mol. The molecule has 2 rings (SSSR count). The molecule has 2 aromatic carbocycles. The summed E-state index contributed by atoms with van der Waals surface area (Å²) in [6.45, 7) is 0.535. The Morgan fingerprint density at radius 3 is 2.43 bits per heavy atom. The molecule has 0 spiro atoms. The summed E-state index contributed by atoms with van der Waals surface area (Å²) in [5.41, 5.74) is 0.812. The van der Waals surface area contributed by atoms with E-state index in [9.17, 15) is 22.4 Å². The van der Waals surface area contributed by atoms with Crippen LogP contribution in [-0.2, 0) is 24.3 Å². The number of hydrogen-bond acceptors (Lipinski definition) is 6. The van der Waals surface area contributed by atoms with Gasteiger partial charge < -0.3 is 10.1 Å². The summed E-state index contributed by atoms with van der Waals surface area (Å²) in [4.78, 5) is 23.2. The van der Waals surface area contributed by atoms with E-state index in [-0.39, 0.29) is 0 Å². The molecule has 2 N–H and O–H groups in total. The summed E-state index contributed by atoms with van der Waals surface area (Å²) in [5.74, 6) is -2.61. The van der Waals surface area contributed by atoms with E-state index in [1.54, 1.807) is 0 Å². The van der Waals surface area contributed by atoms with Gasteiger partial charge in [-0.15, -0.1) is 0 Å². The predicted octanol–water partition coefficient (Wildman–Crippen LogP) is 1.55. The number of anilines is 1. The van der Waals surface area contributed by atoms with Crippen molar-refractivity contribution in [1.29, 1.82) is 5.26 Å². The van der Waals surface area contributed by atoms with Gasteiger partial charge in [-0.05, 0) is 43.3 Å². The van der Waals surface area contributed by atoms with Gasteiger partial charge in [-0.1, -0.05) is 12.1 Å². The lowest BCUT2D eigenvalue weighted by atomic mass is 10.2. The van der Waals surface area contributed by atoms with Gasteiger partial charge in [-0.3, -0.25) is 9.59 Å². The van der Waals surface area contributed by atoms with Crippen LogP contribution in [0.2, 0.25) is 0 Å². The monoisotopic (exact) mass is 405 g/mol. The molecular formula is C18H16FN3O5S. The molecular weight excluding hydrogens is 389 g/mol. The van der Waals surface area contributed by atoms with Crippen molar-refractivity contribution in [3.8, 4) is 6.07 Å². The van der Waals surface area contributed by atoms with Crippen LogP contribution in [0, 0.1) is 17.1 Å². The first kappa shape index (κ1) is 21.0. The minimum Gasteiger partial charge on any atom is -0.452 e. The number of nitriles is 1. The highest BCUT2D eigenvalue weighted by atomic mass is 32.2. The zero-order chi connectivity index (χ0) is 20.7. The summed E-state index contributed by atoms with van der Waals surface area (Å²) in [6.07, 6.45) is -1.21. The number of nitrogens with one attached hydrogen (secondary N) is 2. The highest BCUT2D eigenvalue weighted by Crippen LogP contribution is 2.13. The standard InChI is InChI=1S/C18H16FN3O5S/c1-12(18(24)22-14-8-6-13(10-20)7-9-14)27-17(23)11-21-28(25,26)16-5-3-2-4-15(16)19/h2-9,12,21H,11H2,1H3,(H,22,24)/t12-/m0/s1. The smallest absolute Gasteiger partial charge is 0.321 e. The first-order valence-corrected chi connectivity index (χ1v) is 9.46. The summed E-state index contributed by atoms with van der Waals surface area (Å²) in [7, 11) is -4.25. The van der Waals surface area contributed by atoms with E-state index in [4.69, 9.17) is 10.00 Å².